The van der Waals surface area contributed by atoms with Crippen LogP contribution in [0.5, 0.6) is 0 Å². The van der Waals surface area contributed by atoms with E-state index in [1.54, 1.807) is 17.8 Å². The number of halogens is 1. The minimum absolute atomic E-state index is 0.136. The van der Waals surface area contributed by atoms with Crippen LogP contribution in [0.3, 0.4) is 0 Å². The van der Waals surface area contributed by atoms with Crippen molar-refractivity contribution in [1.29, 1.82) is 0 Å². The third-order valence-corrected chi connectivity index (χ3v) is 3.68. The standard InChI is InChI=1S/C12H16FNO2S/c1-8(4-5-15)17-7-10-3-2-9(12(14)16)6-11(10)13/h2-3,6,8,15H,4-5,7H2,1H3,(H2,14,16). The zero-order valence-corrected chi connectivity index (χ0v) is 10.5. The molecule has 1 unspecified atom stereocenters. The van der Waals surface area contributed by atoms with Crippen molar-refractivity contribution in [1.82, 2.24) is 0 Å². The van der Waals surface area contributed by atoms with E-state index in [9.17, 15) is 9.18 Å². The number of hydrogen-bond acceptors (Lipinski definition) is 3. The Hall–Kier alpha value is -1.07. The van der Waals surface area contributed by atoms with Crippen LogP contribution in [0.15, 0.2) is 18.2 Å². The fourth-order valence-corrected chi connectivity index (χ4v) is 2.29. The maximum Gasteiger partial charge on any atom is 0.248 e. The smallest absolute Gasteiger partial charge is 0.248 e. The summed E-state index contributed by atoms with van der Waals surface area (Å²) in [5.74, 6) is -0.520. The molecule has 5 heteroatoms. The topological polar surface area (TPSA) is 63.3 Å². The van der Waals surface area contributed by atoms with Crippen LogP contribution >= 0.6 is 11.8 Å². The number of aliphatic hydroxyl groups excluding tert-OH is 1. The Bertz CT molecular complexity index is 398. The molecule has 0 fully saturated rings. The Balaban J connectivity index is 2.63. The van der Waals surface area contributed by atoms with Crippen molar-refractivity contribution >= 4 is 17.7 Å². The molecule has 0 radical (unpaired) electrons. The Morgan fingerprint density at radius 2 is 2.29 bits per heavy atom. The first kappa shape index (κ1) is 14.0. The molecule has 3 N–H and O–H groups in total. The SMILES string of the molecule is CC(CCO)SCc1ccc(C(N)=O)cc1F. The van der Waals surface area contributed by atoms with Gasteiger partial charge in [-0.1, -0.05) is 13.0 Å². The number of primary amides is 1. The lowest BCUT2D eigenvalue weighted by atomic mass is 10.1. The average Bonchev–Trinajstić information content (AvgIpc) is 2.27. The zero-order valence-electron chi connectivity index (χ0n) is 9.65. The lowest BCUT2D eigenvalue weighted by molar-refractivity contribution is 0.1000. The number of thioether (sulfide) groups is 1. The van der Waals surface area contributed by atoms with Gasteiger partial charge in [-0.3, -0.25) is 4.79 Å². The van der Waals surface area contributed by atoms with Crippen LogP contribution in [0.2, 0.25) is 0 Å². The molecule has 0 bridgehead atoms. The number of benzene rings is 1. The second-order valence-electron chi connectivity index (χ2n) is 3.80. The van der Waals surface area contributed by atoms with Gasteiger partial charge in [0.25, 0.3) is 0 Å². The van der Waals surface area contributed by atoms with E-state index in [1.165, 1.54) is 6.07 Å². The highest BCUT2D eigenvalue weighted by molar-refractivity contribution is 7.99. The van der Waals surface area contributed by atoms with Gasteiger partial charge in [0, 0.05) is 23.2 Å². The van der Waals surface area contributed by atoms with Crippen molar-refractivity contribution in [2.75, 3.05) is 6.61 Å². The van der Waals surface area contributed by atoms with Crippen LogP contribution < -0.4 is 5.73 Å². The second-order valence-corrected chi connectivity index (χ2v) is 5.23. The summed E-state index contributed by atoms with van der Waals surface area (Å²) in [5, 5.41) is 9.02. The number of aliphatic hydroxyl groups is 1. The molecule has 1 rings (SSSR count). The predicted octanol–water partition coefficient (Wildman–Crippen LogP) is 1.93. The fourth-order valence-electron chi connectivity index (χ4n) is 1.31. The molecule has 0 spiro atoms. The summed E-state index contributed by atoms with van der Waals surface area (Å²) in [6, 6.07) is 4.26. The van der Waals surface area contributed by atoms with Crippen LogP contribution in [-0.4, -0.2) is 22.9 Å². The monoisotopic (exact) mass is 257 g/mol. The molecular weight excluding hydrogens is 241 g/mol. The molecule has 1 amide bonds. The second kappa shape index (κ2) is 6.61. The van der Waals surface area contributed by atoms with Crippen molar-refractivity contribution in [3.8, 4) is 0 Å². The van der Waals surface area contributed by atoms with Gasteiger partial charge in [-0.15, -0.1) is 0 Å². The minimum Gasteiger partial charge on any atom is -0.396 e. The molecule has 0 aliphatic rings. The van der Waals surface area contributed by atoms with Crippen LogP contribution in [0.25, 0.3) is 0 Å². The van der Waals surface area contributed by atoms with Gasteiger partial charge in [-0.25, -0.2) is 4.39 Å². The van der Waals surface area contributed by atoms with E-state index in [0.29, 0.717) is 17.7 Å². The first-order valence-electron chi connectivity index (χ1n) is 5.35. The molecule has 0 aliphatic heterocycles. The van der Waals surface area contributed by atoms with E-state index in [0.717, 1.165) is 6.07 Å². The van der Waals surface area contributed by atoms with Crippen LogP contribution in [-0.2, 0) is 5.75 Å². The molecule has 17 heavy (non-hydrogen) atoms. The molecule has 94 valence electrons. The Morgan fingerprint density at radius 3 is 2.82 bits per heavy atom. The van der Waals surface area contributed by atoms with Crippen molar-refractivity contribution in [3.05, 3.63) is 35.1 Å². The summed E-state index contributed by atoms with van der Waals surface area (Å²) in [5.41, 5.74) is 5.78. The molecule has 0 aromatic heterocycles. The van der Waals surface area contributed by atoms with Crippen LogP contribution in [0, 0.1) is 5.82 Å². The van der Waals surface area contributed by atoms with Crippen molar-refractivity contribution in [2.45, 2.75) is 24.3 Å². The molecular formula is C12H16FNO2S. The summed E-state index contributed by atoms with van der Waals surface area (Å²) in [6.45, 7) is 2.12. The zero-order chi connectivity index (χ0) is 12.8. The van der Waals surface area contributed by atoms with Gasteiger partial charge in [0.15, 0.2) is 0 Å². The van der Waals surface area contributed by atoms with Crippen molar-refractivity contribution < 1.29 is 14.3 Å². The highest BCUT2D eigenvalue weighted by atomic mass is 32.2. The molecule has 0 aliphatic carbocycles. The highest BCUT2D eigenvalue weighted by Gasteiger charge is 2.09. The van der Waals surface area contributed by atoms with Gasteiger partial charge >= 0.3 is 0 Å². The summed E-state index contributed by atoms with van der Waals surface area (Å²) in [4.78, 5) is 10.8. The maximum atomic E-state index is 13.6. The van der Waals surface area contributed by atoms with E-state index in [-0.39, 0.29) is 17.4 Å². The number of carbonyl (C=O) groups is 1. The third kappa shape index (κ3) is 4.36. The largest absolute Gasteiger partial charge is 0.396 e. The van der Waals surface area contributed by atoms with Crippen LogP contribution in [0.1, 0.15) is 29.3 Å². The fraction of sp³-hybridized carbons (Fsp3) is 0.417. The molecule has 0 heterocycles. The van der Waals surface area contributed by atoms with Gasteiger partial charge in [0.2, 0.25) is 5.91 Å². The number of amides is 1. The van der Waals surface area contributed by atoms with E-state index < -0.39 is 11.7 Å². The van der Waals surface area contributed by atoms with E-state index in [4.69, 9.17) is 10.8 Å². The molecule has 0 saturated carbocycles. The normalized spacial score (nSPS) is 12.4. The third-order valence-electron chi connectivity index (χ3n) is 2.40. The number of rotatable bonds is 6. The van der Waals surface area contributed by atoms with Gasteiger partial charge in [-0.05, 0) is 24.1 Å². The number of carbonyl (C=O) groups excluding carboxylic acids is 1. The van der Waals surface area contributed by atoms with Crippen LogP contribution in [0.4, 0.5) is 4.39 Å². The highest BCUT2D eigenvalue weighted by Crippen LogP contribution is 2.22. The Kier molecular flexibility index (Phi) is 5.44. The quantitative estimate of drug-likeness (QED) is 0.818. The maximum absolute atomic E-state index is 13.6. The van der Waals surface area contributed by atoms with Crippen molar-refractivity contribution in [2.24, 2.45) is 5.73 Å². The van der Waals surface area contributed by atoms with Gasteiger partial charge in [0.1, 0.15) is 5.82 Å². The molecule has 1 atom stereocenters. The first-order chi connectivity index (χ1) is 8.04. The van der Waals surface area contributed by atoms with E-state index >= 15 is 0 Å². The predicted molar refractivity (Wildman–Crippen MR) is 67.4 cm³/mol. The summed E-state index contributed by atoms with van der Waals surface area (Å²) in [7, 11) is 0. The van der Waals surface area contributed by atoms with E-state index in [1.807, 2.05) is 6.92 Å². The average molecular weight is 257 g/mol. The molecule has 0 saturated heterocycles. The minimum atomic E-state index is -0.628. The number of nitrogens with two attached hydrogens (primary N) is 1. The van der Waals surface area contributed by atoms with Gasteiger partial charge in [0.05, 0.1) is 0 Å². The first-order valence-corrected chi connectivity index (χ1v) is 6.40. The number of hydrogen-bond donors (Lipinski definition) is 2. The van der Waals surface area contributed by atoms with Crippen molar-refractivity contribution in [3.63, 3.8) is 0 Å². The van der Waals surface area contributed by atoms with E-state index in [2.05, 4.69) is 0 Å². The Morgan fingerprint density at radius 1 is 1.59 bits per heavy atom. The van der Waals surface area contributed by atoms with Gasteiger partial charge < -0.3 is 10.8 Å². The summed E-state index contributed by atoms with van der Waals surface area (Å²) in [6.07, 6.45) is 0.686. The molecule has 3 nitrogen and oxygen atoms in total. The van der Waals surface area contributed by atoms with Gasteiger partial charge in [-0.2, -0.15) is 11.8 Å². The lowest BCUT2D eigenvalue weighted by Crippen LogP contribution is -2.11. The molecule has 1 aromatic carbocycles. The lowest BCUT2D eigenvalue weighted by Gasteiger charge is -2.10. The summed E-state index contributed by atoms with van der Waals surface area (Å²) >= 11 is 1.57. The Labute approximate surface area is 104 Å². The summed E-state index contributed by atoms with van der Waals surface area (Å²) < 4.78 is 13.6. The molecule has 1 aromatic rings.